The van der Waals surface area contributed by atoms with E-state index in [1.54, 1.807) is 6.92 Å². The van der Waals surface area contributed by atoms with Gasteiger partial charge in [-0.05, 0) is 19.1 Å². The van der Waals surface area contributed by atoms with Gasteiger partial charge in [-0.15, -0.1) is 0 Å². The van der Waals surface area contributed by atoms with Crippen LogP contribution in [-0.2, 0) is 0 Å². The number of nitrogen functional groups attached to an aromatic ring is 1. The van der Waals surface area contributed by atoms with Crippen molar-refractivity contribution in [3.05, 3.63) is 35.5 Å². The molecule has 1 aromatic carbocycles. The smallest absolute Gasteiger partial charge is 0.325 e. The Bertz CT molecular complexity index is 626. The second kappa shape index (κ2) is 4.92. The molecule has 5 N–H and O–H groups in total. The maximum Gasteiger partial charge on any atom is 0.325 e. The average molecular weight is 267 g/mol. The molecule has 0 aliphatic heterocycles. The van der Waals surface area contributed by atoms with Gasteiger partial charge in [0.2, 0.25) is 0 Å². The molecular weight excluding hydrogens is 256 g/mol. The molecule has 0 saturated heterocycles. The number of benzene rings is 1. The van der Waals surface area contributed by atoms with E-state index in [4.69, 9.17) is 5.73 Å². The Hall–Kier alpha value is -2.64. The van der Waals surface area contributed by atoms with Crippen molar-refractivity contribution in [2.24, 2.45) is 0 Å². The van der Waals surface area contributed by atoms with Gasteiger partial charge in [-0.2, -0.15) is 5.10 Å². The van der Waals surface area contributed by atoms with E-state index in [1.807, 2.05) is 0 Å². The Morgan fingerprint density at radius 1 is 1.37 bits per heavy atom. The number of hydrogen-bond donors (Lipinski definition) is 4. The number of urea groups is 1. The van der Waals surface area contributed by atoms with Gasteiger partial charge in [0.15, 0.2) is 5.82 Å². The lowest BCUT2D eigenvalue weighted by molar-refractivity contribution is 0.262. The highest BCUT2D eigenvalue weighted by atomic mass is 19.1. The van der Waals surface area contributed by atoms with Crippen LogP contribution in [0.5, 0.6) is 0 Å². The molecule has 0 bridgehead atoms. The van der Waals surface area contributed by atoms with Crippen LogP contribution in [-0.4, -0.2) is 16.2 Å². The van der Waals surface area contributed by atoms with Gasteiger partial charge >= 0.3 is 6.03 Å². The summed E-state index contributed by atoms with van der Waals surface area (Å²) in [5.74, 6) is -1.46. The van der Waals surface area contributed by atoms with E-state index < -0.39 is 17.7 Å². The summed E-state index contributed by atoms with van der Waals surface area (Å²) in [6, 6.07) is 2.08. The maximum atomic E-state index is 13.3. The van der Waals surface area contributed by atoms with Gasteiger partial charge in [0.1, 0.15) is 11.6 Å². The van der Waals surface area contributed by atoms with Crippen molar-refractivity contribution in [3.63, 3.8) is 0 Å². The Kier molecular flexibility index (Phi) is 3.32. The van der Waals surface area contributed by atoms with Crippen molar-refractivity contribution < 1.29 is 13.6 Å². The number of hydrogen-bond acceptors (Lipinski definition) is 3. The van der Waals surface area contributed by atoms with Gasteiger partial charge in [-0.1, -0.05) is 0 Å². The van der Waals surface area contributed by atoms with Crippen molar-refractivity contribution in [2.75, 3.05) is 16.4 Å². The van der Waals surface area contributed by atoms with E-state index in [9.17, 15) is 13.6 Å². The zero-order chi connectivity index (χ0) is 14.0. The predicted molar refractivity (Wildman–Crippen MR) is 66.7 cm³/mol. The fraction of sp³-hybridized carbons (Fsp3) is 0.0909. The minimum atomic E-state index is -0.874. The van der Waals surface area contributed by atoms with Gasteiger partial charge in [-0.25, -0.2) is 13.6 Å². The molecule has 1 aromatic heterocycles. The number of rotatable bonds is 2. The number of anilines is 3. The number of aromatic amines is 1. The van der Waals surface area contributed by atoms with E-state index in [0.29, 0.717) is 11.8 Å². The molecule has 2 rings (SSSR count). The quantitative estimate of drug-likeness (QED) is 0.671. The van der Waals surface area contributed by atoms with Crippen LogP contribution >= 0.6 is 0 Å². The van der Waals surface area contributed by atoms with Crippen molar-refractivity contribution >= 4 is 23.2 Å². The molecule has 6 nitrogen and oxygen atoms in total. The molecule has 0 saturated carbocycles. The lowest BCUT2D eigenvalue weighted by Gasteiger charge is -2.07. The summed E-state index contributed by atoms with van der Waals surface area (Å²) in [4.78, 5) is 11.6. The van der Waals surface area contributed by atoms with E-state index >= 15 is 0 Å². The van der Waals surface area contributed by atoms with Crippen LogP contribution in [0, 0.1) is 18.6 Å². The van der Waals surface area contributed by atoms with Gasteiger partial charge in [0.25, 0.3) is 0 Å². The first-order valence-electron chi connectivity index (χ1n) is 5.31. The van der Waals surface area contributed by atoms with E-state index in [0.717, 1.165) is 12.1 Å². The number of carbonyl (C=O) groups is 1. The number of H-pyrrole nitrogens is 1. The molecule has 0 atom stereocenters. The summed E-state index contributed by atoms with van der Waals surface area (Å²) in [6.07, 6.45) is 0. The standard InChI is InChI=1S/C11H11F2N5O/c1-5-9(14)10(18-17-5)16-11(19)15-8-3-2-6(12)4-7(8)13/h2-4H,14H2,1H3,(H3,15,16,17,18,19). The molecule has 2 amide bonds. The van der Waals surface area contributed by atoms with Crippen molar-refractivity contribution in [2.45, 2.75) is 6.92 Å². The minimum absolute atomic E-state index is 0.137. The monoisotopic (exact) mass is 267 g/mol. The number of nitrogens with two attached hydrogens (primary N) is 1. The summed E-state index contributed by atoms with van der Waals surface area (Å²) >= 11 is 0. The number of aryl methyl sites for hydroxylation is 1. The lowest BCUT2D eigenvalue weighted by Crippen LogP contribution is -2.21. The van der Waals surface area contributed by atoms with Crippen LogP contribution in [0.3, 0.4) is 0 Å². The summed E-state index contributed by atoms with van der Waals surface area (Å²) in [7, 11) is 0. The van der Waals surface area contributed by atoms with E-state index in [2.05, 4.69) is 20.8 Å². The first kappa shape index (κ1) is 12.8. The van der Waals surface area contributed by atoms with E-state index in [1.165, 1.54) is 0 Å². The number of nitrogens with zero attached hydrogens (tertiary/aromatic N) is 1. The third-order valence-corrected chi connectivity index (χ3v) is 2.41. The topological polar surface area (TPSA) is 95.8 Å². The van der Waals surface area contributed by atoms with E-state index in [-0.39, 0.29) is 17.2 Å². The molecule has 0 radical (unpaired) electrons. The summed E-state index contributed by atoms with van der Waals surface area (Å²) in [5, 5.41) is 10.9. The zero-order valence-corrected chi connectivity index (χ0v) is 9.92. The van der Waals surface area contributed by atoms with Gasteiger partial charge < -0.3 is 11.1 Å². The van der Waals surface area contributed by atoms with Crippen LogP contribution in [0.15, 0.2) is 18.2 Å². The van der Waals surface area contributed by atoms with Crippen LogP contribution in [0.1, 0.15) is 5.69 Å². The molecule has 0 aliphatic rings. The van der Waals surface area contributed by atoms with Crippen LogP contribution in [0.4, 0.5) is 30.8 Å². The van der Waals surface area contributed by atoms with Crippen molar-refractivity contribution in [3.8, 4) is 0 Å². The van der Waals surface area contributed by atoms with Crippen LogP contribution in [0.2, 0.25) is 0 Å². The summed E-state index contributed by atoms with van der Waals surface area (Å²) in [6.45, 7) is 1.69. The minimum Gasteiger partial charge on any atom is -0.394 e. The molecule has 8 heteroatoms. The Morgan fingerprint density at radius 2 is 2.11 bits per heavy atom. The van der Waals surface area contributed by atoms with Crippen LogP contribution < -0.4 is 16.4 Å². The highest BCUT2D eigenvalue weighted by molar-refractivity contribution is 6.00. The number of carbonyl (C=O) groups excluding carboxylic acids is 1. The molecule has 0 spiro atoms. The second-order valence-electron chi connectivity index (χ2n) is 3.81. The molecule has 0 aliphatic carbocycles. The fourth-order valence-corrected chi connectivity index (χ4v) is 1.39. The highest BCUT2D eigenvalue weighted by Gasteiger charge is 2.12. The third-order valence-electron chi connectivity index (χ3n) is 2.41. The number of nitrogens with one attached hydrogen (secondary N) is 3. The molecule has 0 unspecified atom stereocenters. The number of amides is 2. The Labute approximate surface area is 107 Å². The Morgan fingerprint density at radius 3 is 2.68 bits per heavy atom. The number of aromatic nitrogens is 2. The Balaban J connectivity index is 2.07. The highest BCUT2D eigenvalue weighted by Crippen LogP contribution is 2.19. The molecule has 1 heterocycles. The van der Waals surface area contributed by atoms with Gasteiger partial charge in [0, 0.05) is 6.07 Å². The lowest BCUT2D eigenvalue weighted by atomic mass is 10.3. The molecular formula is C11H11F2N5O. The second-order valence-corrected chi connectivity index (χ2v) is 3.81. The summed E-state index contributed by atoms with van der Waals surface area (Å²) in [5.41, 5.74) is 6.37. The van der Waals surface area contributed by atoms with Crippen molar-refractivity contribution in [1.29, 1.82) is 0 Å². The number of halogens is 2. The molecule has 100 valence electrons. The third kappa shape index (κ3) is 2.79. The first-order valence-corrected chi connectivity index (χ1v) is 5.31. The molecule has 0 fully saturated rings. The first-order chi connectivity index (χ1) is 8.97. The zero-order valence-electron chi connectivity index (χ0n) is 9.92. The average Bonchev–Trinajstić information content (AvgIpc) is 2.65. The predicted octanol–water partition coefficient (Wildman–Crippen LogP) is 2.22. The SMILES string of the molecule is Cc1[nH]nc(NC(=O)Nc2ccc(F)cc2F)c1N. The van der Waals surface area contributed by atoms with Crippen LogP contribution in [0.25, 0.3) is 0 Å². The summed E-state index contributed by atoms with van der Waals surface area (Å²) < 4.78 is 26.0. The maximum absolute atomic E-state index is 13.3. The largest absolute Gasteiger partial charge is 0.394 e. The fourth-order valence-electron chi connectivity index (χ4n) is 1.39. The van der Waals surface area contributed by atoms with Crippen molar-refractivity contribution in [1.82, 2.24) is 10.2 Å². The molecule has 2 aromatic rings. The molecule has 19 heavy (non-hydrogen) atoms. The normalized spacial score (nSPS) is 10.3. The van der Waals surface area contributed by atoms with Gasteiger partial charge in [-0.3, -0.25) is 10.4 Å². The van der Waals surface area contributed by atoms with Gasteiger partial charge in [0.05, 0.1) is 17.1 Å².